The molecule has 0 amide bonds. The molecule has 1 heterocycles. The van der Waals surface area contributed by atoms with Crippen molar-refractivity contribution < 1.29 is 0 Å². The number of benzene rings is 6. The second kappa shape index (κ2) is 14.5. The van der Waals surface area contributed by atoms with Crippen LogP contribution in [-0.2, 0) is 37.9 Å². The Morgan fingerprint density at radius 3 is 1.59 bits per heavy atom. The minimum Gasteiger partial charge on any atom is -0.355 e. The molecule has 350 valence electrons. The van der Waals surface area contributed by atoms with Gasteiger partial charge >= 0.3 is 0 Å². The van der Waals surface area contributed by atoms with Gasteiger partial charge in [0.2, 0.25) is 0 Å². The third kappa shape index (κ3) is 6.77. The van der Waals surface area contributed by atoms with Gasteiger partial charge < -0.3 is 10.2 Å². The number of hydrogen-bond donors (Lipinski definition) is 1. The molecule has 0 unspecified atom stereocenters. The average Bonchev–Trinajstić information content (AvgIpc) is 3.49. The van der Waals surface area contributed by atoms with Gasteiger partial charge in [0.1, 0.15) is 0 Å². The van der Waals surface area contributed by atoms with E-state index in [-0.39, 0.29) is 37.9 Å². The highest BCUT2D eigenvalue weighted by Gasteiger charge is 2.43. The van der Waals surface area contributed by atoms with E-state index in [0.29, 0.717) is 0 Å². The molecular weight excluding hydrogens is 820 g/mol. The highest BCUT2D eigenvalue weighted by molar-refractivity contribution is 6.73. The summed E-state index contributed by atoms with van der Waals surface area (Å²) in [5, 5.41) is 4.19. The quantitative estimate of drug-likeness (QED) is 0.177. The van der Waals surface area contributed by atoms with E-state index in [1.165, 1.54) is 156 Å². The van der Waals surface area contributed by atoms with Crippen molar-refractivity contribution in [1.29, 1.82) is 0 Å². The van der Waals surface area contributed by atoms with E-state index in [2.05, 4.69) is 212 Å². The third-order valence-electron chi connectivity index (χ3n) is 18.8. The largest absolute Gasteiger partial charge is 0.355 e. The first-order valence-corrected chi connectivity index (χ1v) is 26.2. The molecule has 0 aromatic heterocycles. The minimum absolute atomic E-state index is 0.0596. The average molecular weight is 897 g/mol. The Labute approximate surface area is 411 Å². The number of fused-ring (bicyclic) bond motifs is 8. The summed E-state index contributed by atoms with van der Waals surface area (Å²) < 4.78 is 0. The number of nitrogens with one attached hydrogen (secondary N) is 1. The van der Waals surface area contributed by atoms with E-state index in [1.807, 2.05) is 0 Å². The smallest absolute Gasteiger partial charge is 0.198 e. The zero-order chi connectivity index (χ0) is 48.5. The molecule has 0 saturated heterocycles. The number of nitrogens with zero attached hydrogens (tertiary/aromatic N) is 1. The molecule has 11 rings (SSSR count). The number of anilines is 5. The van der Waals surface area contributed by atoms with Crippen molar-refractivity contribution in [3.8, 4) is 22.3 Å². The van der Waals surface area contributed by atoms with Crippen LogP contribution >= 0.6 is 0 Å². The third-order valence-corrected chi connectivity index (χ3v) is 18.8. The fourth-order valence-electron chi connectivity index (χ4n) is 13.8. The predicted octanol–water partition coefficient (Wildman–Crippen LogP) is 16.2. The maximum Gasteiger partial charge on any atom is 0.198 e. The lowest BCUT2D eigenvalue weighted by Gasteiger charge is -2.44. The molecule has 4 aliphatic carbocycles. The lowest BCUT2D eigenvalue weighted by atomic mass is 9.56. The lowest BCUT2D eigenvalue weighted by molar-refractivity contribution is 0.332. The van der Waals surface area contributed by atoms with E-state index in [0.717, 1.165) is 7.28 Å². The van der Waals surface area contributed by atoms with Gasteiger partial charge in [-0.05, 0) is 205 Å². The minimum atomic E-state index is -0.0911. The zero-order valence-electron chi connectivity index (χ0n) is 44.6. The Morgan fingerprint density at radius 1 is 0.412 bits per heavy atom. The molecule has 3 heteroatoms. The summed E-state index contributed by atoms with van der Waals surface area (Å²) >= 11 is 0. The van der Waals surface area contributed by atoms with E-state index in [4.69, 9.17) is 0 Å². The van der Waals surface area contributed by atoms with Crippen LogP contribution < -0.4 is 21.1 Å². The molecule has 0 bridgehead atoms. The molecule has 0 atom stereocenters. The van der Waals surface area contributed by atoms with Gasteiger partial charge in [0, 0.05) is 39.4 Å². The van der Waals surface area contributed by atoms with Crippen LogP contribution in [0.3, 0.4) is 0 Å². The molecule has 0 spiro atoms. The number of rotatable bonds is 4. The SMILES string of the molecule is Cc1cc(-c2cc3c(cc2Nc2ccc4c(c2)C(C)(C)CCC4(C)C)C(C)(C)CCC3(C)C)c2c(c1)N(c1cc3c(cc1C)C(C)(C)CCC3(C)C)c1cc3c(cc1B2)C(C)(C)c1ccccc1-3. The summed E-state index contributed by atoms with van der Waals surface area (Å²) in [5.74, 6) is 0. The Bertz CT molecular complexity index is 3130. The van der Waals surface area contributed by atoms with Crippen LogP contribution in [0.15, 0.2) is 91.0 Å². The lowest BCUT2D eigenvalue weighted by Crippen LogP contribution is -2.42. The first kappa shape index (κ1) is 45.4. The van der Waals surface area contributed by atoms with E-state index in [9.17, 15) is 0 Å². The Hall–Kier alpha value is -5.02. The van der Waals surface area contributed by atoms with Gasteiger partial charge in [-0.1, -0.05) is 151 Å². The monoisotopic (exact) mass is 897 g/mol. The van der Waals surface area contributed by atoms with Crippen LogP contribution in [0.25, 0.3) is 22.3 Å². The van der Waals surface area contributed by atoms with Gasteiger partial charge in [0.05, 0.1) is 0 Å². The van der Waals surface area contributed by atoms with Crippen LogP contribution in [0, 0.1) is 13.8 Å². The van der Waals surface area contributed by atoms with Gasteiger partial charge in [-0.3, -0.25) is 0 Å². The number of aryl methyl sites for hydroxylation is 2. The van der Waals surface area contributed by atoms with Gasteiger partial charge in [0.25, 0.3) is 0 Å². The van der Waals surface area contributed by atoms with E-state index < -0.39 is 0 Å². The standard InChI is InChI=1S/C65H77BN2/c1-38-29-44(43-33-50-51(63(11,12)27-26-62(50,9)10)36-54(43)67-40-21-22-46-49(32-40)61(7,8)24-23-59(46,3)4)58-57(30-38)68(55-37-52-48(31-39(55)2)60(5,6)25-28-64(52,13)14)56-34-42-41-19-17-18-20-45(41)65(15,16)47(42)35-53(56)66-58/h17-22,29-37,66-67H,23-28H2,1-16H3. The highest BCUT2D eigenvalue weighted by atomic mass is 15.2. The molecule has 0 radical (unpaired) electrons. The molecule has 1 aliphatic heterocycles. The fraction of sp³-hybridized carbons (Fsp3) is 0.446. The van der Waals surface area contributed by atoms with Crippen molar-refractivity contribution in [2.24, 2.45) is 0 Å². The molecule has 0 saturated carbocycles. The van der Waals surface area contributed by atoms with E-state index in [1.54, 1.807) is 0 Å². The number of hydrogen-bond acceptors (Lipinski definition) is 2. The van der Waals surface area contributed by atoms with Crippen molar-refractivity contribution >= 4 is 46.6 Å². The normalized spacial score (nSPS) is 20.9. The zero-order valence-corrected chi connectivity index (χ0v) is 44.6. The van der Waals surface area contributed by atoms with Crippen LogP contribution in [-0.4, -0.2) is 7.28 Å². The molecular formula is C65H77BN2. The highest BCUT2D eigenvalue weighted by Crippen LogP contribution is 2.55. The summed E-state index contributed by atoms with van der Waals surface area (Å²) in [6.45, 7) is 39.1. The molecule has 6 aromatic carbocycles. The van der Waals surface area contributed by atoms with Crippen molar-refractivity contribution in [2.45, 2.75) is 187 Å². The molecule has 68 heavy (non-hydrogen) atoms. The second-order valence-electron chi connectivity index (χ2n) is 26.8. The maximum absolute atomic E-state index is 4.19. The molecule has 0 fully saturated rings. The molecule has 1 N–H and O–H groups in total. The topological polar surface area (TPSA) is 15.3 Å². The van der Waals surface area contributed by atoms with Gasteiger partial charge in [-0.15, -0.1) is 0 Å². The van der Waals surface area contributed by atoms with Crippen LogP contribution in [0.4, 0.5) is 28.4 Å². The summed E-state index contributed by atoms with van der Waals surface area (Å²) in [5.41, 5.74) is 29.6. The molecule has 2 nitrogen and oxygen atoms in total. The summed E-state index contributed by atoms with van der Waals surface area (Å²) in [6.07, 6.45) is 7.16. The van der Waals surface area contributed by atoms with Crippen LogP contribution in [0.5, 0.6) is 0 Å². The first-order valence-electron chi connectivity index (χ1n) is 26.2. The van der Waals surface area contributed by atoms with Crippen molar-refractivity contribution in [1.82, 2.24) is 0 Å². The summed E-state index contributed by atoms with van der Waals surface area (Å²) in [4.78, 5) is 2.71. The Kier molecular flexibility index (Phi) is 9.70. The molecule has 6 aromatic rings. The van der Waals surface area contributed by atoms with Crippen molar-refractivity contribution in [2.75, 3.05) is 10.2 Å². The van der Waals surface area contributed by atoms with Gasteiger partial charge in [-0.25, -0.2) is 0 Å². The Balaban J connectivity index is 1.18. The fourth-order valence-corrected chi connectivity index (χ4v) is 13.8. The van der Waals surface area contributed by atoms with E-state index >= 15 is 0 Å². The van der Waals surface area contributed by atoms with Gasteiger partial charge in [0.15, 0.2) is 7.28 Å². The van der Waals surface area contributed by atoms with Crippen molar-refractivity contribution in [3.63, 3.8) is 0 Å². The van der Waals surface area contributed by atoms with Crippen LogP contribution in [0.1, 0.15) is 191 Å². The predicted molar refractivity (Wildman–Crippen MR) is 296 cm³/mol. The second-order valence-corrected chi connectivity index (χ2v) is 26.8. The van der Waals surface area contributed by atoms with Gasteiger partial charge in [-0.2, -0.15) is 0 Å². The summed E-state index contributed by atoms with van der Waals surface area (Å²) in [6, 6.07) is 37.1. The van der Waals surface area contributed by atoms with Crippen LogP contribution in [0.2, 0.25) is 0 Å². The first-order chi connectivity index (χ1) is 31.7. The van der Waals surface area contributed by atoms with Crippen molar-refractivity contribution in [3.05, 3.63) is 147 Å². The maximum atomic E-state index is 4.19. The summed E-state index contributed by atoms with van der Waals surface area (Å²) in [7, 11) is 0.868. The Morgan fingerprint density at radius 2 is 0.956 bits per heavy atom. The molecule has 5 aliphatic rings.